The molecule has 0 unspecified atom stereocenters. The molecule has 1 fully saturated rings. The van der Waals surface area contributed by atoms with Gasteiger partial charge in [-0.15, -0.1) is 0 Å². The summed E-state index contributed by atoms with van der Waals surface area (Å²) in [4.78, 5) is 28.0. The predicted molar refractivity (Wildman–Crippen MR) is 152 cm³/mol. The number of hydrogen-bond acceptors (Lipinski definition) is 9. The summed E-state index contributed by atoms with van der Waals surface area (Å²) in [6.45, 7) is 4.62. The molecule has 5 rings (SSSR count). The Bertz CT molecular complexity index is 1550. The summed E-state index contributed by atoms with van der Waals surface area (Å²) in [5, 5.41) is 12.9. The van der Waals surface area contributed by atoms with E-state index in [0.717, 1.165) is 43.6 Å². The number of rotatable bonds is 10. The van der Waals surface area contributed by atoms with E-state index in [0.29, 0.717) is 29.8 Å². The second-order valence-corrected chi connectivity index (χ2v) is 9.76. The van der Waals surface area contributed by atoms with E-state index in [4.69, 9.17) is 4.74 Å². The molecule has 1 aliphatic heterocycles. The van der Waals surface area contributed by atoms with Crippen LogP contribution in [0, 0.1) is 6.92 Å². The van der Waals surface area contributed by atoms with Crippen LogP contribution in [0.15, 0.2) is 55.1 Å². The van der Waals surface area contributed by atoms with Crippen molar-refractivity contribution >= 4 is 29.0 Å². The van der Waals surface area contributed by atoms with Crippen LogP contribution in [0.1, 0.15) is 34.3 Å². The van der Waals surface area contributed by atoms with Gasteiger partial charge in [-0.05, 0) is 62.7 Å². The van der Waals surface area contributed by atoms with Crippen LogP contribution in [0.5, 0.6) is 5.75 Å². The molecule has 11 nitrogen and oxygen atoms in total. The molecular weight excluding hydrogens is 551 g/mol. The van der Waals surface area contributed by atoms with Crippen molar-refractivity contribution in [1.29, 1.82) is 0 Å². The molecule has 2 aromatic heterocycles. The standard InChI is InChI=1S/C28H30F3N9O2/c1-18-5-6-19(11-23(18)38-27-35-17-36-40(27)25-15-24(32-2)33-16-34-25)26(41)37-21-12-20(28(29,30)31)13-22(14-21)42-10-9-39-7-3-4-8-39/h5-6,11-17H,3-4,7-10H2,1-2H3,(H,37,41)(H,32,33,34)(H,35,36,38). The Labute approximate surface area is 240 Å². The molecule has 220 valence electrons. The van der Waals surface area contributed by atoms with Gasteiger partial charge in [0, 0.05) is 42.7 Å². The minimum Gasteiger partial charge on any atom is -0.492 e. The van der Waals surface area contributed by atoms with Crippen LogP contribution >= 0.6 is 0 Å². The molecule has 1 amide bonds. The first-order valence-electron chi connectivity index (χ1n) is 13.4. The third kappa shape index (κ3) is 6.94. The molecule has 0 spiro atoms. The number of hydrogen-bond donors (Lipinski definition) is 3. The third-order valence-corrected chi connectivity index (χ3v) is 6.79. The Balaban J connectivity index is 1.33. The quantitative estimate of drug-likeness (QED) is 0.240. The maximum absolute atomic E-state index is 13.6. The molecule has 4 aromatic rings. The number of alkyl halides is 3. The van der Waals surface area contributed by atoms with Crippen LogP contribution in [0.25, 0.3) is 5.82 Å². The highest BCUT2D eigenvalue weighted by Gasteiger charge is 2.32. The summed E-state index contributed by atoms with van der Waals surface area (Å²) in [6, 6.07) is 9.82. The number of carbonyl (C=O) groups is 1. The summed E-state index contributed by atoms with van der Waals surface area (Å²) in [6.07, 6.45) is 0.349. The summed E-state index contributed by atoms with van der Waals surface area (Å²) < 4.78 is 48.1. The maximum atomic E-state index is 13.6. The van der Waals surface area contributed by atoms with E-state index in [9.17, 15) is 18.0 Å². The van der Waals surface area contributed by atoms with Crippen LogP contribution in [0.3, 0.4) is 0 Å². The summed E-state index contributed by atoms with van der Waals surface area (Å²) >= 11 is 0. The molecule has 42 heavy (non-hydrogen) atoms. The topological polar surface area (TPSA) is 122 Å². The van der Waals surface area contributed by atoms with Gasteiger partial charge in [-0.2, -0.15) is 27.9 Å². The summed E-state index contributed by atoms with van der Waals surface area (Å²) in [5.41, 5.74) is 0.642. The Kier molecular flexibility index (Phi) is 8.52. The lowest BCUT2D eigenvalue weighted by molar-refractivity contribution is -0.137. The number of nitrogens with zero attached hydrogens (tertiary/aromatic N) is 6. The van der Waals surface area contributed by atoms with E-state index in [1.54, 1.807) is 31.3 Å². The fourth-order valence-corrected chi connectivity index (χ4v) is 4.53. The highest BCUT2D eigenvalue weighted by Crippen LogP contribution is 2.34. The van der Waals surface area contributed by atoms with Gasteiger partial charge in [-0.1, -0.05) is 6.07 Å². The van der Waals surface area contributed by atoms with E-state index in [1.807, 2.05) is 6.92 Å². The van der Waals surface area contributed by atoms with Crippen molar-refractivity contribution < 1.29 is 22.7 Å². The van der Waals surface area contributed by atoms with E-state index >= 15 is 0 Å². The average molecular weight is 582 g/mol. The van der Waals surface area contributed by atoms with Crippen molar-refractivity contribution in [3.05, 3.63) is 71.8 Å². The summed E-state index contributed by atoms with van der Waals surface area (Å²) in [7, 11) is 1.73. The minimum atomic E-state index is -4.61. The smallest absolute Gasteiger partial charge is 0.416 e. The molecule has 0 bridgehead atoms. The van der Waals surface area contributed by atoms with Gasteiger partial charge in [0.05, 0.1) is 5.56 Å². The van der Waals surface area contributed by atoms with Gasteiger partial charge < -0.3 is 20.7 Å². The molecule has 0 saturated carbocycles. The number of aryl methyl sites for hydroxylation is 1. The van der Waals surface area contributed by atoms with Gasteiger partial charge >= 0.3 is 6.18 Å². The third-order valence-electron chi connectivity index (χ3n) is 6.79. The molecule has 0 aliphatic carbocycles. The number of amides is 1. The van der Waals surface area contributed by atoms with Gasteiger partial charge in [-0.3, -0.25) is 9.69 Å². The lowest BCUT2D eigenvalue weighted by atomic mass is 10.1. The zero-order valence-corrected chi connectivity index (χ0v) is 23.1. The largest absolute Gasteiger partial charge is 0.492 e. The zero-order chi connectivity index (χ0) is 29.7. The zero-order valence-electron chi connectivity index (χ0n) is 23.1. The van der Waals surface area contributed by atoms with Crippen molar-refractivity contribution in [2.45, 2.75) is 25.9 Å². The van der Waals surface area contributed by atoms with Gasteiger partial charge in [0.15, 0.2) is 5.82 Å². The highest BCUT2D eigenvalue weighted by atomic mass is 19.4. The molecule has 2 aromatic carbocycles. The van der Waals surface area contributed by atoms with Crippen LogP contribution in [-0.2, 0) is 6.18 Å². The number of likely N-dealkylation sites (tertiary alicyclic amines) is 1. The maximum Gasteiger partial charge on any atom is 0.416 e. The number of anilines is 4. The van der Waals surface area contributed by atoms with E-state index in [2.05, 4.69) is 40.9 Å². The Morgan fingerprint density at radius 2 is 1.83 bits per heavy atom. The number of nitrogens with one attached hydrogen (secondary N) is 3. The number of halogens is 3. The minimum absolute atomic E-state index is 0.0232. The van der Waals surface area contributed by atoms with Gasteiger partial charge in [0.1, 0.15) is 30.8 Å². The second-order valence-electron chi connectivity index (χ2n) is 9.76. The normalized spacial score (nSPS) is 13.6. The van der Waals surface area contributed by atoms with Crippen molar-refractivity contribution in [2.75, 3.05) is 49.2 Å². The van der Waals surface area contributed by atoms with Crippen LogP contribution in [0.4, 0.5) is 36.3 Å². The Hall–Kier alpha value is -4.72. The fraction of sp³-hybridized carbons (Fsp3) is 0.321. The molecule has 0 atom stereocenters. The Morgan fingerprint density at radius 1 is 1.02 bits per heavy atom. The van der Waals surface area contributed by atoms with Gasteiger partial charge in [-0.25, -0.2) is 9.97 Å². The van der Waals surface area contributed by atoms with Crippen molar-refractivity contribution in [3.63, 3.8) is 0 Å². The average Bonchev–Trinajstić information content (AvgIpc) is 3.66. The number of benzene rings is 2. The first kappa shape index (κ1) is 28.8. The van der Waals surface area contributed by atoms with E-state index < -0.39 is 17.6 Å². The molecular formula is C28H30F3N9O2. The molecule has 3 heterocycles. The monoisotopic (exact) mass is 581 g/mol. The molecule has 3 N–H and O–H groups in total. The van der Waals surface area contributed by atoms with Crippen molar-refractivity contribution in [3.8, 4) is 11.6 Å². The van der Waals surface area contributed by atoms with Crippen LogP contribution in [-0.4, -0.2) is 68.8 Å². The lowest BCUT2D eigenvalue weighted by Gasteiger charge is -2.17. The van der Waals surface area contributed by atoms with Crippen LogP contribution in [0.2, 0.25) is 0 Å². The van der Waals surface area contributed by atoms with Crippen LogP contribution < -0.4 is 20.7 Å². The lowest BCUT2D eigenvalue weighted by Crippen LogP contribution is -2.25. The molecule has 14 heteroatoms. The van der Waals surface area contributed by atoms with Crippen molar-refractivity contribution in [2.24, 2.45) is 0 Å². The van der Waals surface area contributed by atoms with E-state index in [-0.39, 0.29) is 23.6 Å². The number of aromatic nitrogens is 5. The fourth-order valence-electron chi connectivity index (χ4n) is 4.53. The SMILES string of the molecule is CNc1cc(-n2ncnc2Nc2cc(C(=O)Nc3cc(OCCN4CCCC4)cc(C(F)(F)F)c3)ccc2C)ncn1. The predicted octanol–water partition coefficient (Wildman–Crippen LogP) is 4.90. The highest BCUT2D eigenvalue weighted by molar-refractivity contribution is 6.05. The van der Waals surface area contributed by atoms with Crippen molar-refractivity contribution in [1.82, 2.24) is 29.6 Å². The van der Waals surface area contributed by atoms with Gasteiger partial charge in [0.25, 0.3) is 5.91 Å². The second kappa shape index (κ2) is 12.4. The molecule has 1 saturated heterocycles. The Morgan fingerprint density at radius 3 is 2.60 bits per heavy atom. The molecule has 1 aliphatic rings. The number of ether oxygens (including phenoxy) is 1. The molecule has 0 radical (unpaired) electrons. The first-order valence-corrected chi connectivity index (χ1v) is 13.4. The first-order chi connectivity index (χ1) is 20.2. The van der Waals surface area contributed by atoms with Gasteiger partial charge in [0.2, 0.25) is 5.95 Å². The number of carbonyl (C=O) groups excluding carboxylic acids is 1. The summed E-state index contributed by atoms with van der Waals surface area (Å²) in [5.74, 6) is 0.840. The van der Waals surface area contributed by atoms with E-state index in [1.165, 1.54) is 23.4 Å².